The van der Waals surface area contributed by atoms with E-state index in [0.29, 0.717) is 6.54 Å². The number of hydrogen-bond acceptors (Lipinski definition) is 5. The van der Waals surface area contributed by atoms with Gasteiger partial charge in [0.25, 0.3) is 0 Å². The van der Waals surface area contributed by atoms with Gasteiger partial charge in [-0.15, -0.1) is 4.68 Å². The zero-order valence-corrected chi connectivity index (χ0v) is 5.88. The van der Waals surface area contributed by atoms with Crippen LogP contribution in [0.3, 0.4) is 0 Å². The van der Waals surface area contributed by atoms with Gasteiger partial charge in [0.15, 0.2) is 12.7 Å². The van der Waals surface area contributed by atoms with Crippen molar-refractivity contribution >= 4 is 0 Å². The zero-order chi connectivity index (χ0) is 9.40. The number of nitrogens with one attached hydrogen (secondary N) is 1. The van der Waals surface area contributed by atoms with Gasteiger partial charge in [0.1, 0.15) is 6.07 Å². The molecule has 1 rings (SSSR count). The normalized spacial score (nSPS) is 7.58. The third kappa shape index (κ3) is 5.96. The van der Waals surface area contributed by atoms with Crippen molar-refractivity contribution in [3.63, 3.8) is 0 Å². The van der Waals surface area contributed by atoms with E-state index >= 15 is 0 Å². The fourth-order valence-corrected chi connectivity index (χ4v) is 0.419. The van der Waals surface area contributed by atoms with Gasteiger partial charge in [-0.05, 0) is 0 Å². The molecule has 64 valence electrons. The Labute approximate surface area is 66.8 Å². The molecule has 8 nitrogen and oxygen atoms in total. The molecule has 1 heterocycles. The van der Waals surface area contributed by atoms with Crippen molar-refractivity contribution in [2.75, 3.05) is 0 Å². The summed E-state index contributed by atoms with van der Waals surface area (Å²) in [5.41, 5.74) is 0. The molecule has 0 fully saturated rings. The maximum atomic E-state index is 8.25. The molecule has 0 aliphatic rings. The highest BCUT2D eigenvalue weighted by molar-refractivity contribution is 4.59. The minimum absolute atomic E-state index is 0.333. The smallest absolute Gasteiger partial charge is 0.206 e. The Morgan fingerprint density at radius 1 is 1.75 bits per heavy atom. The van der Waals surface area contributed by atoms with Gasteiger partial charge >= 0.3 is 0 Å². The first kappa shape index (κ1) is 9.83. The second-order valence-electron chi connectivity index (χ2n) is 1.54. The van der Waals surface area contributed by atoms with Gasteiger partial charge in [0, 0.05) is 5.10 Å². The SMILES string of the molecule is N#CC[n+]1ccn[nH]1.O=[N+]([O-])[O-]. The van der Waals surface area contributed by atoms with Crippen molar-refractivity contribution in [1.29, 1.82) is 5.26 Å². The van der Waals surface area contributed by atoms with Crippen LogP contribution in [-0.4, -0.2) is 15.4 Å². The van der Waals surface area contributed by atoms with Crippen LogP contribution in [0.4, 0.5) is 0 Å². The quantitative estimate of drug-likeness (QED) is 0.329. The summed E-state index contributed by atoms with van der Waals surface area (Å²) >= 11 is 0. The Hall–Kier alpha value is -2.17. The average Bonchev–Trinajstić information content (AvgIpc) is 2.39. The molecular weight excluding hydrogens is 166 g/mol. The predicted octanol–water partition coefficient (Wildman–Crippen LogP) is -1.02. The molecule has 0 saturated carbocycles. The topological polar surface area (TPSA) is 123 Å². The molecule has 0 aliphatic heterocycles. The van der Waals surface area contributed by atoms with E-state index in [1.165, 1.54) is 0 Å². The molecule has 0 spiro atoms. The lowest BCUT2D eigenvalue weighted by Gasteiger charge is -1.75. The predicted molar refractivity (Wildman–Crippen MR) is 34.8 cm³/mol. The highest BCUT2D eigenvalue weighted by atomic mass is 16.9. The Bertz CT molecular complexity index is 259. The molecule has 1 aromatic rings. The van der Waals surface area contributed by atoms with Crippen LogP contribution in [-0.2, 0) is 6.54 Å². The molecule has 0 bridgehead atoms. The Morgan fingerprint density at radius 2 is 2.33 bits per heavy atom. The lowest BCUT2D eigenvalue weighted by atomic mass is 10.7. The van der Waals surface area contributed by atoms with Gasteiger partial charge in [-0.2, -0.15) is 5.26 Å². The van der Waals surface area contributed by atoms with Crippen LogP contribution in [0.25, 0.3) is 0 Å². The van der Waals surface area contributed by atoms with Crippen LogP contribution < -0.4 is 4.68 Å². The van der Waals surface area contributed by atoms with E-state index in [0.717, 1.165) is 0 Å². The van der Waals surface area contributed by atoms with Crippen LogP contribution in [0.5, 0.6) is 0 Å². The van der Waals surface area contributed by atoms with Crippen molar-refractivity contribution < 1.29 is 9.77 Å². The van der Waals surface area contributed by atoms with Gasteiger partial charge in [-0.3, -0.25) is 0 Å². The van der Waals surface area contributed by atoms with Crippen LogP contribution in [0.15, 0.2) is 12.4 Å². The van der Waals surface area contributed by atoms with Gasteiger partial charge in [0.2, 0.25) is 6.20 Å². The highest BCUT2D eigenvalue weighted by Crippen LogP contribution is 1.60. The summed E-state index contributed by atoms with van der Waals surface area (Å²) in [6, 6.07) is 1.96. The van der Waals surface area contributed by atoms with Gasteiger partial charge in [0.05, 0.1) is 5.09 Å². The average molecular weight is 171 g/mol. The van der Waals surface area contributed by atoms with Crippen molar-refractivity contribution in [3.8, 4) is 6.07 Å². The van der Waals surface area contributed by atoms with E-state index in [1.54, 1.807) is 17.1 Å². The molecule has 0 aliphatic carbocycles. The molecule has 0 radical (unpaired) electrons. The van der Waals surface area contributed by atoms with E-state index in [1.807, 2.05) is 6.07 Å². The maximum absolute atomic E-state index is 8.25. The van der Waals surface area contributed by atoms with E-state index < -0.39 is 5.09 Å². The standard InChI is InChI=1S/C4H4N4.NO3/c5-1-3-8-4-2-6-7-8;2-1(3)4/h2,4H,3H2;/q;-1/p+1. The molecule has 12 heavy (non-hydrogen) atoms. The first-order valence-electron chi connectivity index (χ1n) is 2.74. The van der Waals surface area contributed by atoms with Gasteiger partial charge in [-0.1, -0.05) is 5.21 Å². The minimum atomic E-state index is -1.75. The Morgan fingerprint density at radius 3 is 2.67 bits per heavy atom. The highest BCUT2D eigenvalue weighted by Gasteiger charge is 1.91. The van der Waals surface area contributed by atoms with Crippen molar-refractivity contribution in [3.05, 3.63) is 27.7 Å². The fraction of sp³-hybridized carbons (Fsp3) is 0.250. The molecule has 1 aromatic heterocycles. The van der Waals surface area contributed by atoms with Crippen molar-refractivity contribution in [1.82, 2.24) is 10.3 Å². The Kier molecular flexibility index (Phi) is 4.59. The van der Waals surface area contributed by atoms with E-state index in [-0.39, 0.29) is 0 Å². The number of nitriles is 1. The van der Waals surface area contributed by atoms with E-state index in [2.05, 4.69) is 10.3 Å². The second kappa shape index (κ2) is 5.60. The third-order valence-electron chi connectivity index (χ3n) is 0.748. The number of hydrogen-bond donors (Lipinski definition) is 1. The number of nitrogens with zero attached hydrogens (tertiary/aromatic N) is 4. The minimum Gasteiger partial charge on any atom is -0.356 e. The lowest BCUT2D eigenvalue weighted by Crippen LogP contribution is -2.34. The molecule has 8 heteroatoms. The maximum Gasteiger partial charge on any atom is 0.206 e. The summed E-state index contributed by atoms with van der Waals surface area (Å²) in [5, 5.41) is 29.1. The second-order valence-corrected chi connectivity index (χ2v) is 1.54. The third-order valence-corrected chi connectivity index (χ3v) is 0.748. The molecule has 0 atom stereocenters. The first-order chi connectivity index (χ1) is 5.66. The molecule has 0 amide bonds. The van der Waals surface area contributed by atoms with Crippen molar-refractivity contribution in [2.24, 2.45) is 0 Å². The Balaban J connectivity index is 0.000000261. The van der Waals surface area contributed by atoms with Crippen LogP contribution in [0.2, 0.25) is 0 Å². The monoisotopic (exact) mass is 171 g/mol. The van der Waals surface area contributed by atoms with E-state index in [4.69, 9.17) is 20.6 Å². The van der Waals surface area contributed by atoms with Gasteiger partial charge in [-0.25, -0.2) is 0 Å². The van der Waals surface area contributed by atoms with Crippen LogP contribution in [0, 0.1) is 26.7 Å². The molecule has 1 N–H and O–H groups in total. The molecular formula is C4H5N5O3. The number of aromatic amines is 1. The van der Waals surface area contributed by atoms with Crippen LogP contribution in [0.1, 0.15) is 0 Å². The largest absolute Gasteiger partial charge is 0.356 e. The fourth-order valence-electron chi connectivity index (χ4n) is 0.419. The van der Waals surface area contributed by atoms with Crippen molar-refractivity contribution in [2.45, 2.75) is 6.54 Å². The summed E-state index contributed by atoms with van der Waals surface area (Å²) in [6.07, 6.45) is 3.29. The first-order valence-corrected chi connectivity index (χ1v) is 2.74. The molecule has 0 saturated heterocycles. The number of aromatic nitrogens is 3. The number of rotatable bonds is 1. The van der Waals surface area contributed by atoms with Crippen LogP contribution >= 0.6 is 0 Å². The lowest BCUT2D eigenvalue weighted by molar-refractivity contribution is -0.742. The van der Waals surface area contributed by atoms with E-state index in [9.17, 15) is 0 Å². The summed E-state index contributed by atoms with van der Waals surface area (Å²) in [7, 11) is 0. The molecule has 0 aromatic carbocycles. The number of H-pyrrole nitrogens is 1. The summed E-state index contributed by atoms with van der Waals surface area (Å²) in [6.45, 7) is 0.333. The summed E-state index contributed by atoms with van der Waals surface area (Å²) in [4.78, 5) is 8.25. The zero-order valence-electron chi connectivity index (χ0n) is 5.88. The summed E-state index contributed by atoms with van der Waals surface area (Å²) in [5.74, 6) is 0. The molecule has 0 unspecified atom stereocenters. The summed E-state index contributed by atoms with van der Waals surface area (Å²) < 4.78 is 1.58. The van der Waals surface area contributed by atoms with Gasteiger partial charge < -0.3 is 15.3 Å².